The van der Waals surface area contributed by atoms with Crippen LogP contribution in [-0.2, 0) is 6.54 Å². The molecule has 0 aliphatic carbocycles. The van der Waals surface area contributed by atoms with E-state index in [9.17, 15) is 4.79 Å². The summed E-state index contributed by atoms with van der Waals surface area (Å²) < 4.78 is 0.619. The van der Waals surface area contributed by atoms with Crippen LogP contribution in [0.2, 0.25) is 0 Å². The van der Waals surface area contributed by atoms with Crippen LogP contribution in [0.25, 0.3) is 0 Å². The Morgan fingerprint density at radius 3 is 2.89 bits per heavy atom. The Labute approximate surface area is 113 Å². The first-order chi connectivity index (χ1) is 8.68. The molecule has 0 atom stereocenters. The van der Waals surface area contributed by atoms with Gasteiger partial charge in [-0.3, -0.25) is 9.78 Å². The highest BCUT2D eigenvalue weighted by atomic mass is 79.9. The van der Waals surface area contributed by atoms with Gasteiger partial charge in [0.25, 0.3) is 5.91 Å². The zero-order valence-electron chi connectivity index (χ0n) is 9.56. The Balaban J connectivity index is 2.07. The second-order valence-corrected chi connectivity index (χ2v) is 4.55. The fourth-order valence-corrected chi connectivity index (χ4v) is 1.95. The van der Waals surface area contributed by atoms with Crippen molar-refractivity contribution in [3.8, 4) is 0 Å². The topological polar surface area (TPSA) is 68.0 Å². The van der Waals surface area contributed by atoms with Crippen LogP contribution in [-0.4, -0.2) is 10.9 Å². The van der Waals surface area contributed by atoms with Gasteiger partial charge in [0.2, 0.25) is 0 Å². The van der Waals surface area contributed by atoms with Crippen LogP contribution in [0.15, 0.2) is 47.2 Å². The summed E-state index contributed by atoms with van der Waals surface area (Å²) in [7, 11) is 0. The molecule has 92 valence electrons. The van der Waals surface area contributed by atoms with Crippen molar-refractivity contribution in [3.63, 3.8) is 0 Å². The van der Waals surface area contributed by atoms with Crippen molar-refractivity contribution in [3.05, 3.63) is 58.3 Å². The van der Waals surface area contributed by atoms with E-state index in [0.717, 1.165) is 5.56 Å². The Morgan fingerprint density at radius 2 is 2.17 bits per heavy atom. The van der Waals surface area contributed by atoms with Gasteiger partial charge in [0.1, 0.15) is 0 Å². The van der Waals surface area contributed by atoms with Crippen LogP contribution < -0.4 is 11.1 Å². The van der Waals surface area contributed by atoms with Crippen molar-refractivity contribution in [2.75, 3.05) is 5.73 Å². The maximum absolute atomic E-state index is 12.0. The molecule has 0 spiro atoms. The standard InChI is InChI=1S/C13H12BrN3O/c14-12-10(4-1-5-11(12)15)13(18)17-8-9-3-2-6-16-7-9/h1-7H,8,15H2,(H,17,18). The number of halogens is 1. The molecule has 0 saturated carbocycles. The zero-order chi connectivity index (χ0) is 13.0. The predicted molar refractivity (Wildman–Crippen MR) is 74.0 cm³/mol. The van der Waals surface area contributed by atoms with Gasteiger partial charge in [-0.2, -0.15) is 0 Å². The van der Waals surface area contributed by atoms with Gasteiger partial charge >= 0.3 is 0 Å². The van der Waals surface area contributed by atoms with Crippen molar-refractivity contribution in [1.29, 1.82) is 0 Å². The molecular formula is C13H12BrN3O. The quantitative estimate of drug-likeness (QED) is 0.855. The van der Waals surface area contributed by atoms with E-state index in [1.807, 2.05) is 12.1 Å². The lowest BCUT2D eigenvalue weighted by Gasteiger charge is -2.08. The fourth-order valence-electron chi connectivity index (χ4n) is 1.51. The van der Waals surface area contributed by atoms with Crippen molar-refractivity contribution in [2.45, 2.75) is 6.54 Å². The lowest BCUT2D eigenvalue weighted by Crippen LogP contribution is -2.23. The molecule has 0 saturated heterocycles. The molecule has 1 amide bonds. The summed E-state index contributed by atoms with van der Waals surface area (Å²) in [5, 5.41) is 2.82. The van der Waals surface area contributed by atoms with Crippen molar-refractivity contribution >= 4 is 27.5 Å². The summed E-state index contributed by atoms with van der Waals surface area (Å²) in [5.74, 6) is -0.168. The number of pyridine rings is 1. The van der Waals surface area contributed by atoms with Crippen LogP contribution in [0.3, 0.4) is 0 Å². The highest BCUT2D eigenvalue weighted by Gasteiger charge is 2.11. The first kappa shape index (κ1) is 12.6. The van der Waals surface area contributed by atoms with Gasteiger partial charge < -0.3 is 11.1 Å². The summed E-state index contributed by atoms with van der Waals surface area (Å²) in [6, 6.07) is 8.94. The molecule has 3 N–H and O–H groups in total. The molecular weight excluding hydrogens is 294 g/mol. The summed E-state index contributed by atoms with van der Waals surface area (Å²) in [4.78, 5) is 16.0. The molecule has 1 aromatic heterocycles. The smallest absolute Gasteiger partial charge is 0.252 e. The minimum absolute atomic E-state index is 0.168. The van der Waals surface area contributed by atoms with E-state index in [-0.39, 0.29) is 5.91 Å². The molecule has 1 heterocycles. The summed E-state index contributed by atoms with van der Waals surface area (Å²) in [6.45, 7) is 0.438. The van der Waals surface area contributed by atoms with Gasteiger partial charge in [-0.25, -0.2) is 0 Å². The monoisotopic (exact) mass is 305 g/mol. The third-order valence-electron chi connectivity index (χ3n) is 2.45. The third-order valence-corrected chi connectivity index (χ3v) is 3.33. The molecule has 0 radical (unpaired) electrons. The number of hydrogen-bond donors (Lipinski definition) is 2. The van der Waals surface area contributed by atoms with Crippen molar-refractivity contribution < 1.29 is 4.79 Å². The first-order valence-corrected chi connectivity index (χ1v) is 6.19. The van der Waals surface area contributed by atoms with Gasteiger partial charge in [-0.15, -0.1) is 0 Å². The molecule has 0 aliphatic heterocycles. The van der Waals surface area contributed by atoms with Crippen LogP contribution in [0, 0.1) is 0 Å². The second kappa shape index (κ2) is 5.64. The van der Waals surface area contributed by atoms with E-state index in [2.05, 4.69) is 26.2 Å². The number of nitrogen functional groups attached to an aromatic ring is 1. The second-order valence-electron chi connectivity index (χ2n) is 3.75. The van der Waals surface area contributed by atoms with E-state index in [1.165, 1.54) is 0 Å². The number of nitrogens with one attached hydrogen (secondary N) is 1. The summed E-state index contributed by atoms with van der Waals surface area (Å²) in [5.41, 5.74) is 7.75. The molecule has 2 rings (SSSR count). The normalized spacial score (nSPS) is 10.1. The predicted octanol–water partition coefficient (Wildman–Crippen LogP) is 2.36. The molecule has 0 fully saturated rings. The Hall–Kier alpha value is -1.88. The number of aromatic nitrogens is 1. The number of rotatable bonds is 3. The Bertz CT molecular complexity index is 557. The Kier molecular flexibility index (Phi) is 3.94. The molecule has 18 heavy (non-hydrogen) atoms. The molecule has 0 aliphatic rings. The highest BCUT2D eigenvalue weighted by Crippen LogP contribution is 2.23. The third kappa shape index (κ3) is 2.87. The number of benzene rings is 1. The number of amides is 1. The lowest BCUT2D eigenvalue weighted by molar-refractivity contribution is 0.0950. The van der Waals surface area contributed by atoms with Gasteiger partial charge in [-0.05, 0) is 39.7 Å². The van der Waals surface area contributed by atoms with Crippen molar-refractivity contribution in [1.82, 2.24) is 10.3 Å². The highest BCUT2D eigenvalue weighted by molar-refractivity contribution is 9.10. The summed E-state index contributed by atoms with van der Waals surface area (Å²) >= 11 is 3.31. The number of anilines is 1. The fraction of sp³-hybridized carbons (Fsp3) is 0.0769. The van der Waals surface area contributed by atoms with Gasteiger partial charge in [0.05, 0.1) is 10.0 Å². The number of carbonyl (C=O) groups excluding carboxylic acids is 1. The SMILES string of the molecule is Nc1cccc(C(=O)NCc2cccnc2)c1Br. The molecule has 2 aromatic rings. The maximum atomic E-state index is 12.0. The molecule has 5 heteroatoms. The number of hydrogen-bond acceptors (Lipinski definition) is 3. The number of nitrogens with zero attached hydrogens (tertiary/aromatic N) is 1. The molecule has 0 unspecified atom stereocenters. The molecule has 4 nitrogen and oxygen atoms in total. The van der Waals surface area contributed by atoms with E-state index in [0.29, 0.717) is 22.3 Å². The molecule has 0 bridgehead atoms. The number of nitrogens with two attached hydrogens (primary N) is 1. The molecule has 1 aromatic carbocycles. The zero-order valence-corrected chi connectivity index (χ0v) is 11.1. The van der Waals surface area contributed by atoms with Gasteiger partial charge in [0, 0.05) is 24.6 Å². The lowest BCUT2D eigenvalue weighted by atomic mass is 10.2. The van der Waals surface area contributed by atoms with Gasteiger partial charge in [-0.1, -0.05) is 12.1 Å². The largest absolute Gasteiger partial charge is 0.398 e. The maximum Gasteiger partial charge on any atom is 0.252 e. The van der Waals surface area contributed by atoms with Crippen LogP contribution in [0.1, 0.15) is 15.9 Å². The van der Waals surface area contributed by atoms with E-state index >= 15 is 0 Å². The van der Waals surface area contributed by atoms with E-state index in [1.54, 1.807) is 30.6 Å². The minimum atomic E-state index is -0.168. The van der Waals surface area contributed by atoms with E-state index in [4.69, 9.17) is 5.73 Å². The minimum Gasteiger partial charge on any atom is -0.398 e. The van der Waals surface area contributed by atoms with Crippen LogP contribution in [0.5, 0.6) is 0 Å². The first-order valence-electron chi connectivity index (χ1n) is 5.39. The number of carbonyl (C=O) groups is 1. The van der Waals surface area contributed by atoms with Crippen LogP contribution in [0.4, 0.5) is 5.69 Å². The van der Waals surface area contributed by atoms with Crippen molar-refractivity contribution in [2.24, 2.45) is 0 Å². The van der Waals surface area contributed by atoms with Crippen LogP contribution >= 0.6 is 15.9 Å². The Morgan fingerprint density at radius 1 is 1.33 bits per heavy atom. The average molecular weight is 306 g/mol. The summed E-state index contributed by atoms with van der Waals surface area (Å²) in [6.07, 6.45) is 3.41. The van der Waals surface area contributed by atoms with Gasteiger partial charge in [0.15, 0.2) is 0 Å². The van der Waals surface area contributed by atoms with E-state index < -0.39 is 0 Å². The average Bonchev–Trinajstić information content (AvgIpc) is 2.40.